The average molecular weight is 313 g/mol. The minimum Gasteiger partial charge on any atom is -0.492 e. The van der Waals surface area contributed by atoms with Gasteiger partial charge in [-0.2, -0.15) is 0 Å². The molecule has 0 aromatic heterocycles. The fourth-order valence-corrected chi connectivity index (χ4v) is 2.38. The van der Waals surface area contributed by atoms with E-state index in [9.17, 15) is 9.90 Å². The topological polar surface area (TPSA) is 49.8 Å². The number of ether oxygens (including phenoxy) is 1. The molecule has 0 aliphatic rings. The van der Waals surface area contributed by atoms with Gasteiger partial charge >= 0.3 is 5.97 Å². The Bertz CT molecular complexity index is 626. The van der Waals surface area contributed by atoms with E-state index in [1.165, 1.54) is 0 Å². The first-order valence-corrected chi connectivity index (χ1v) is 7.70. The summed E-state index contributed by atoms with van der Waals surface area (Å²) in [5, 5.41) is 9.52. The maximum atomic E-state index is 11.6. The van der Waals surface area contributed by atoms with Gasteiger partial charge in [0, 0.05) is 6.54 Å². The van der Waals surface area contributed by atoms with Crippen molar-refractivity contribution in [2.75, 3.05) is 27.2 Å². The van der Waals surface area contributed by atoms with E-state index in [4.69, 9.17) is 4.74 Å². The minimum absolute atomic E-state index is 0.449. The van der Waals surface area contributed by atoms with E-state index >= 15 is 0 Å². The largest absolute Gasteiger partial charge is 0.492 e. The molecule has 0 amide bonds. The number of carboxylic acid groups (broad SMARTS) is 1. The van der Waals surface area contributed by atoms with Crippen LogP contribution in [0.4, 0.5) is 0 Å². The Morgan fingerprint density at radius 2 is 1.87 bits per heavy atom. The molecule has 2 aromatic carbocycles. The molecule has 4 heteroatoms. The molecule has 0 heterocycles. The van der Waals surface area contributed by atoms with Crippen molar-refractivity contribution < 1.29 is 14.6 Å². The molecule has 0 saturated carbocycles. The fourth-order valence-electron chi connectivity index (χ4n) is 2.38. The minimum atomic E-state index is -0.810. The standard InChI is InChI=1S/C19H23NO3/c1-20(2)11-12-23-17-10-6-7-15(13-17)14-18(19(21)22)16-8-4-3-5-9-16/h3-10,13,18H,11-12,14H2,1-2H3,(H,21,22). The molecule has 122 valence electrons. The number of hydrogen-bond donors (Lipinski definition) is 1. The summed E-state index contributed by atoms with van der Waals surface area (Å²) in [7, 11) is 3.99. The van der Waals surface area contributed by atoms with Gasteiger partial charge in [0.25, 0.3) is 0 Å². The van der Waals surface area contributed by atoms with E-state index in [-0.39, 0.29) is 0 Å². The number of likely N-dealkylation sites (N-methyl/N-ethyl adjacent to an activating group) is 1. The predicted molar refractivity (Wildman–Crippen MR) is 91.0 cm³/mol. The zero-order valence-corrected chi connectivity index (χ0v) is 13.6. The summed E-state index contributed by atoms with van der Waals surface area (Å²) in [6.07, 6.45) is 0.449. The van der Waals surface area contributed by atoms with Gasteiger partial charge in [0.1, 0.15) is 12.4 Å². The van der Waals surface area contributed by atoms with E-state index in [2.05, 4.69) is 4.90 Å². The quantitative estimate of drug-likeness (QED) is 0.814. The SMILES string of the molecule is CN(C)CCOc1cccc(CC(C(=O)O)c2ccccc2)c1. The van der Waals surface area contributed by atoms with E-state index in [0.717, 1.165) is 23.4 Å². The first-order chi connectivity index (χ1) is 11.1. The van der Waals surface area contributed by atoms with Crippen molar-refractivity contribution in [1.29, 1.82) is 0 Å². The number of carboxylic acids is 1. The summed E-state index contributed by atoms with van der Waals surface area (Å²) < 4.78 is 5.72. The molecule has 0 fully saturated rings. The van der Waals surface area contributed by atoms with Crippen molar-refractivity contribution in [3.05, 3.63) is 65.7 Å². The molecule has 0 aliphatic carbocycles. The van der Waals surface area contributed by atoms with Crippen LogP contribution in [0, 0.1) is 0 Å². The van der Waals surface area contributed by atoms with Gasteiger partial charge in [0.2, 0.25) is 0 Å². The Balaban J connectivity index is 2.07. The van der Waals surface area contributed by atoms with Crippen LogP contribution in [0.15, 0.2) is 54.6 Å². The highest BCUT2D eigenvalue weighted by Gasteiger charge is 2.20. The summed E-state index contributed by atoms with van der Waals surface area (Å²) in [5.41, 5.74) is 1.78. The highest BCUT2D eigenvalue weighted by molar-refractivity contribution is 5.76. The second-order valence-electron chi connectivity index (χ2n) is 5.80. The monoisotopic (exact) mass is 313 g/mol. The van der Waals surface area contributed by atoms with Crippen molar-refractivity contribution in [3.8, 4) is 5.75 Å². The van der Waals surface area contributed by atoms with Gasteiger partial charge in [-0.25, -0.2) is 0 Å². The number of hydrogen-bond acceptors (Lipinski definition) is 3. The van der Waals surface area contributed by atoms with Crippen LogP contribution in [0.5, 0.6) is 5.75 Å². The maximum absolute atomic E-state index is 11.6. The lowest BCUT2D eigenvalue weighted by molar-refractivity contribution is -0.138. The molecule has 0 radical (unpaired) electrons. The van der Waals surface area contributed by atoms with Gasteiger partial charge < -0.3 is 14.7 Å². The Hall–Kier alpha value is -2.33. The third kappa shape index (κ3) is 5.42. The molecule has 1 N–H and O–H groups in total. The molecule has 1 atom stereocenters. The lowest BCUT2D eigenvalue weighted by atomic mass is 9.92. The van der Waals surface area contributed by atoms with Gasteiger partial charge in [-0.05, 0) is 43.8 Å². The van der Waals surface area contributed by atoms with Crippen molar-refractivity contribution in [2.24, 2.45) is 0 Å². The third-order valence-electron chi connectivity index (χ3n) is 3.65. The molecule has 2 aromatic rings. The Morgan fingerprint density at radius 1 is 1.13 bits per heavy atom. The van der Waals surface area contributed by atoms with Crippen molar-refractivity contribution in [2.45, 2.75) is 12.3 Å². The molecule has 1 unspecified atom stereocenters. The van der Waals surface area contributed by atoms with Crippen LogP contribution in [0.25, 0.3) is 0 Å². The highest BCUT2D eigenvalue weighted by Crippen LogP contribution is 2.23. The van der Waals surface area contributed by atoms with Crippen LogP contribution in [0.2, 0.25) is 0 Å². The van der Waals surface area contributed by atoms with Crippen molar-refractivity contribution in [1.82, 2.24) is 4.90 Å². The molecule has 0 saturated heterocycles. The summed E-state index contributed by atoms with van der Waals surface area (Å²) in [5.74, 6) is -0.579. The van der Waals surface area contributed by atoms with Crippen molar-refractivity contribution >= 4 is 5.97 Å². The van der Waals surface area contributed by atoms with Gasteiger partial charge in [0.05, 0.1) is 5.92 Å². The molecule has 0 spiro atoms. The fraction of sp³-hybridized carbons (Fsp3) is 0.316. The van der Waals surface area contributed by atoms with E-state index in [0.29, 0.717) is 13.0 Å². The third-order valence-corrected chi connectivity index (χ3v) is 3.65. The van der Waals surface area contributed by atoms with Gasteiger partial charge in [0.15, 0.2) is 0 Å². The Kier molecular flexibility index (Phi) is 6.18. The number of rotatable bonds is 8. The second kappa shape index (κ2) is 8.34. The molecule has 2 rings (SSSR count). The summed E-state index contributed by atoms with van der Waals surface area (Å²) in [6.45, 7) is 1.45. The average Bonchev–Trinajstić information content (AvgIpc) is 2.53. The Morgan fingerprint density at radius 3 is 2.52 bits per heavy atom. The lowest BCUT2D eigenvalue weighted by Gasteiger charge is -2.14. The van der Waals surface area contributed by atoms with E-state index in [1.807, 2.05) is 68.7 Å². The zero-order chi connectivity index (χ0) is 16.7. The zero-order valence-electron chi connectivity index (χ0n) is 13.6. The van der Waals surface area contributed by atoms with E-state index < -0.39 is 11.9 Å². The predicted octanol–water partition coefficient (Wildman–Crippen LogP) is 3.04. The highest BCUT2D eigenvalue weighted by atomic mass is 16.5. The van der Waals surface area contributed by atoms with Crippen LogP contribution in [0.1, 0.15) is 17.0 Å². The second-order valence-corrected chi connectivity index (χ2v) is 5.80. The smallest absolute Gasteiger partial charge is 0.311 e. The number of benzene rings is 2. The maximum Gasteiger partial charge on any atom is 0.311 e. The van der Waals surface area contributed by atoms with Gasteiger partial charge in [-0.3, -0.25) is 4.79 Å². The lowest BCUT2D eigenvalue weighted by Crippen LogP contribution is -2.19. The number of aliphatic carboxylic acids is 1. The van der Waals surface area contributed by atoms with Crippen LogP contribution < -0.4 is 4.74 Å². The normalized spacial score (nSPS) is 12.1. The van der Waals surface area contributed by atoms with Gasteiger partial charge in [-0.1, -0.05) is 42.5 Å². The summed E-state index contributed by atoms with van der Waals surface area (Å²) in [4.78, 5) is 13.7. The number of carbonyl (C=O) groups is 1. The summed E-state index contributed by atoms with van der Waals surface area (Å²) >= 11 is 0. The first kappa shape index (κ1) is 17.0. The number of nitrogens with zero attached hydrogens (tertiary/aromatic N) is 1. The summed E-state index contributed by atoms with van der Waals surface area (Å²) in [6, 6.07) is 17.0. The van der Waals surface area contributed by atoms with Crippen molar-refractivity contribution in [3.63, 3.8) is 0 Å². The van der Waals surface area contributed by atoms with Crippen LogP contribution in [0.3, 0.4) is 0 Å². The van der Waals surface area contributed by atoms with Crippen LogP contribution in [-0.2, 0) is 11.2 Å². The van der Waals surface area contributed by atoms with Crippen LogP contribution in [-0.4, -0.2) is 43.2 Å². The van der Waals surface area contributed by atoms with E-state index in [1.54, 1.807) is 0 Å². The molecule has 0 bridgehead atoms. The van der Waals surface area contributed by atoms with Crippen LogP contribution >= 0.6 is 0 Å². The molecule has 0 aliphatic heterocycles. The molecular weight excluding hydrogens is 290 g/mol. The molecule has 23 heavy (non-hydrogen) atoms. The Labute approximate surface area is 137 Å². The first-order valence-electron chi connectivity index (χ1n) is 7.70. The molecular formula is C19H23NO3. The molecule has 4 nitrogen and oxygen atoms in total. The van der Waals surface area contributed by atoms with Gasteiger partial charge in [-0.15, -0.1) is 0 Å².